The summed E-state index contributed by atoms with van der Waals surface area (Å²) in [5, 5.41) is 3.34. The molecule has 0 bridgehead atoms. The maximum atomic E-state index is 14.4. The maximum absolute atomic E-state index is 14.4. The van der Waals surface area contributed by atoms with Gasteiger partial charge in [-0.15, -0.1) is 13.2 Å². The molecule has 9 heteroatoms. The Morgan fingerprint density at radius 3 is 2.37 bits per heavy atom. The Bertz CT molecular complexity index is 1440. The van der Waals surface area contributed by atoms with Crippen molar-refractivity contribution in [1.29, 1.82) is 0 Å². The summed E-state index contributed by atoms with van der Waals surface area (Å²) in [5.74, 6) is 2.48. The summed E-state index contributed by atoms with van der Waals surface area (Å²) in [5.41, 5.74) is 0.143. The molecule has 9 nitrogen and oxygen atoms in total. The Morgan fingerprint density at radius 2 is 1.78 bits per heavy atom. The molecule has 0 radical (unpaired) electrons. The standard InChI is InChI=1S/C37H55N5O4/c1-12-16-41(17-13-2)36(44)46-34-30(38-11)29(33-39-32(40-42(33)34)27-20-23(5)14-15-25(27)7)35(43)45-31-26(18-22(3)4)19-24(6)21-28(31)37(8,9)10/h12-13,22-28,31H,1-2,14-21H2,3-10H3,(H,39,40). The molecule has 2 aromatic heterocycles. The highest BCUT2D eigenvalue weighted by Crippen LogP contribution is 2.48. The number of esters is 1. The van der Waals surface area contributed by atoms with Gasteiger partial charge in [0.1, 0.15) is 17.5 Å². The predicted molar refractivity (Wildman–Crippen MR) is 182 cm³/mol. The van der Waals surface area contributed by atoms with Crippen LogP contribution in [0.25, 0.3) is 10.5 Å². The van der Waals surface area contributed by atoms with E-state index in [1.54, 1.807) is 12.2 Å². The van der Waals surface area contributed by atoms with Crippen molar-refractivity contribution < 1.29 is 19.1 Å². The summed E-state index contributed by atoms with van der Waals surface area (Å²) >= 11 is 0. The summed E-state index contributed by atoms with van der Waals surface area (Å²) in [4.78, 5) is 37.9. The zero-order chi connectivity index (χ0) is 33.9. The molecule has 1 amide bonds. The van der Waals surface area contributed by atoms with Gasteiger partial charge in [-0.2, -0.15) is 0 Å². The highest BCUT2D eigenvalue weighted by molar-refractivity contribution is 6.05. The van der Waals surface area contributed by atoms with Crippen LogP contribution < -0.4 is 4.74 Å². The monoisotopic (exact) mass is 633 g/mol. The summed E-state index contributed by atoms with van der Waals surface area (Å²) in [7, 11) is 0. The molecule has 0 aliphatic heterocycles. The van der Waals surface area contributed by atoms with Crippen molar-refractivity contribution in [2.24, 2.45) is 40.9 Å². The number of nitrogens with zero attached hydrogens (tertiary/aromatic N) is 4. The fraction of sp³-hybridized carbons (Fsp3) is 0.676. The molecule has 0 spiro atoms. The van der Waals surface area contributed by atoms with E-state index in [1.807, 2.05) is 0 Å². The van der Waals surface area contributed by atoms with E-state index in [2.05, 4.69) is 78.5 Å². The maximum Gasteiger partial charge on any atom is 0.416 e. The molecule has 4 rings (SSSR count). The molecule has 2 heterocycles. The second kappa shape index (κ2) is 14.5. The lowest BCUT2D eigenvalue weighted by molar-refractivity contribution is -0.0691. The van der Waals surface area contributed by atoms with E-state index < -0.39 is 12.1 Å². The number of nitrogens with one attached hydrogen (secondary N) is 1. The molecular weight excluding hydrogens is 578 g/mol. The molecule has 2 saturated carbocycles. The number of ether oxygens (including phenoxy) is 2. The largest absolute Gasteiger partial charge is 0.459 e. The fourth-order valence-corrected chi connectivity index (χ4v) is 7.82. The molecule has 0 saturated heterocycles. The minimum absolute atomic E-state index is 0.0466. The third kappa shape index (κ3) is 7.53. The number of carbonyl (C=O) groups excluding carboxylic acids is 2. The van der Waals surface area contributed by atoms with Gasteiger partial charge in [-0.25, -0.2) is 23.9 Å². The molecule has 7 atom stereocenters. The molecule has 2 aliphatic rings. The van der Waals surface area contributed by atoms with Crippen LogP contribution >= 0.6 is 0 Å². The van der Waals surface area contributed by atoms with E-state index in [9.17, 15) is 9.59 Å². The van der Waals surface area contributed by atoms with Crippen LogP contribution in [-0.4, -0.2) is 50.8 Å². The zero-order valence-corrected chi connectivity index (χ0v) is 29.3. The quantitative estimate of drug-likeness (QED) is 0.160. The second-order valence-electron chi connectivity index (χ2n) is 15.6. The van der Waals surface area contributed by atoms with Crippen molar-refractivity contribution in [2.45, 2.75) is 106 Å². The lowest BCUT2D eigenvalue weighted by Gasteiger charge is -2.46. The lowest BCUT2D eigenvalue weighted by atomic mass is 9.63. The van der Waals surface area contributed by atoms with Crippen LogP contribution in [-0.2, 0) is 4.74 Å². The second-order valence-corrected chi connectivity index (χ2v) is 15.6. The number of fused-ring (bicyclic) bond motifs is 1. The molecule has 2 aromatic rings. The first-order valence-corrected chi connectivity index (χ1v) is 17.1. The minimum atomic E-state index is -0.675. The number of aromatic amines is 1. The first kappa shape index (κ1) is 35.3. The molecule has 0 aromatic carbocycles. The molecule has 2 fully saturated rings. The number of carbonyl (C=O) groups is 2. The highest BCUT2D eigenvalue weighted by atomic mass is 16.6. The molecular formula is C37H55N5O4. The number of rotatable bonds is 10. The van der Waals surface area contributed by atoms with Gasteiger partial charge in [0.05, 0.1) is 6.57 Å². The fourth-order valence-electron chi connectivity index (χ4n) is 7.82. The van der Waals surface area contributed by atoms with Crippen molar-refractivity contribution in [3.8, 4) is 5.88 Å². The first-order valence-electron chi connectivity index (χ1n) is 17.1. The highest BCUT2D eigenvalue weighted by Gasteiger charge is 2.45. The third-order valence-corrected chi connectivity index (χ3v) is 10.1. The SMILES string of the molecule is [C-]#[N+]c1c(C(=O)OC2C(CC(C)C)CC(C)CC2C(C)(C)C)c2nc(C3CC(C)CCC3C)[nH]n2c1OC(=O)N(CC=C)CC=C. The van der Waals surface area contributed by atoms with E-state index in [1.165, 1.54) is 9.42 Å². The van der Waals surface area contributed by atoms with Crippen LogP contribution in [0.15, 0.2) is 25.3 Å². The number of H-pyrrole nitrogens is 1. The predicted octanol–water partition coefficient (Wildman–Crippen LogP) is 9.21. The van der Waals surface area contributed by atoms with Crippen molar-refractivity contribution >= 4 is 23.4 Å². The Balaban J connectivity index is 1.83. The summed E-state index contributed by atoms with van der Waals surface area (Å²) < 4.78 is 13.9. The van der Waals surface area contributed by atoms with Crippen LogP contribution in [0, 0.1) is 47.5 Å². The molecule has 1 N–H and O–H groups in total. The van der Waals surface area contributed by atoms with Gasteiger partial charge in [-0.05, 0) is 67.1 Å². The molecule has 7 unspecified atom stereocenters. The van der Waals surface area contributed by atoms with Crippen LogP contribution in [0.2, 0.25) is 0 Å². The van der Waals surface area contributed by atoms with Crippen molar-refractivity contribution in [3.05, 3.63) is 48.1 Å². The lowest BCUT2D eigenvalue weighted by Crippen LogP contribution is -2.45. The van der Waals surface area contributed by atoms with Crippen LogP contribution in [0.3, 0.4) is 0 Å². The third-order valence-electron chi connectivity index (χ3n) is 10.1. The van der Waals surface area contributed by atoms with E-state index in [-0.39, 0.29) is 65.1 Å². The summed E-state index contributed by atoms with van der Waals surface area (Å²) in [6.07, 6.45) is 8.31. The van der Waals surface area contributed by atoms with Gasteiger partial charge < -0.3 is 14.4 Å². The topological polar surface area (TPSA) is 93.3 Å². The molecule has 252 valence electrons. The Labute approximate surface area is 275 Å². The number of aromatic nitrogens is 3. The van der Waals surface area contributed by atoms with E-state index >= 15 is 0 Å². The van der Waals surface area contributed by atoms with Crippen LogP contribution in [0.4, 0.5) is 10.5 Å². The first-order chi connectivity index (χ1) is 21.7. The summed E-state index contributed by atoms with van der Waals surface area (Å²) in [6.45, 7) is 33.9. The van der Waals surface area contributed by atoms with Crippen LogP contribution in [0.1, 0.15) is 116 Å². The van der Waals surface area contributed by atoms with Gasteiger partial charge >= 0.3 is 12.1 Å². The van der Waals surface area contributed by atoms with Crippen molar-refractivity contribution in [3.63, 3.8) is 0 Å². The Morgan fingerprint density at radius 1 is 1.11 bits per heavy atom. The summed E-state index contributed by atoms with van der Waals surface area (Å²) in [6, 6.07) is 0. The van der Waals surface area contributed by atoms with Crippen molar-refractivity contribution in [1.82, 2.24) is 19.5 Å². The normalized spacial score (nSPS) is 26.8. The Kier molecular flexibility index (Phi) is 11.1. The average molecular weight is 634 g/mol. The van der Waals surface area contributed by atoms with Gasteiger partial charge in [0.2, 0.25) is 5.88 Å². The van der Waals surface area contributed by atoms with Gasteiger partial charge in [-0.1, -0.05) is 74.0 Å². The van der Waals surface area contributed by atoms with Gasteiger partial charge in [0.25, 0.3) is 5.69 Å². The Hall–Kier alpha value is -3.54. The van der Waals surface area contributed by atoms with Gasteiger partial charge in [-0.3, -0.25) is 5.10 Å². The number of amides is 1. The van der Waals surface area contributed by atoms with Gasteiger partial charge in [0, 0.05) is 24.9 Å². The molecule has 2 aliphatic carbocycles. The zero-order valence-electron chi connectivity index (χ0n) is 29.3. The number of hydrogen-bond donors (Lipinski definition) is 1. The van der Waals surface area contributed by atoms with E-state index in [4.69, 9.17) is 21.0 Å². The van der Waals surface area contributed by atoms with Crippen LogP contribution in [0.5, 0.6) is 5.88 Å². The van der Waals surface area contributed by atoms with Crippen molar-refractivity contribution in [2.75, 3.05) is 13.1 Å². The molecule has 46 heavy (non-hydrogen) atoms. The van der Waals surface area contributed by atoms with Gasteiger partial charge in [0.15, 0.2) is 5.65 Å². The minimum Gasteiger partial charge on any atom is -0.459 e. The smallest absolute Gasteiger partial charge is 0.416 e. The number of hydrogen-bond acceptors (Lipinski definition) is 5. The van der Waals surface area contributed by atoms with E-state index in [0.29, 0.717) is 23.7 Å². The average Bonchev–Trinajstić information content (AvgIpc) is 3.51. The van der Waals surface area contributed by atoms with E-state index in [0.717, 1.165) is 44.3 Å².